The van der Waals surface area contributed by atoms with Crippen LogP contribution < -0.4 is 5.32 Å². The van der Waals surface area contributed by atoms with Gasteiger partial charge in [0.05, 0.1) is 5.70 Å². The Hall–Kier alpha value is -3.12. The summed E-state index contributed by atoms with van der Waals surface area (Å²) in [4.78, 5) is 21.8. The van der Waals surface area contributed by atoms with E-state index in [9.17, 15) is 4.79 Å². The summed E-state index contributed by atoms with van der Waals surface area (Å²) in [5.41, 5.74) is 5.67. The minimum Gasteiger partial charge on any atom is -0.441 e. The van der Waals surface area contributed by atoms with E-state index in [0.29, 0.717) is 5.89 Å². The van der Waals surface area contributed by atoms with E-state index < -0.39 is 0 Å². The highest BCUT2D eigenvalue weighted by Gasteiger charge is 2.24. The lowest BCUT2D eigenvalue weighted by molar-refractivity contribution is -0.122. The molecular formula is C24H26N4O2. The van der Waals surface area contributed by atoms with Gasteiger partial charge < -0.3 is 14.6 Å². The Labute approximate surface area is 176 Å². The summed E-state index contributed by atoms with van der Waals surface area (Å²) in [7, 11) is 0. The predicted octanol–water partition coefficient (Wildman–Crippen LogP) is 3.59. The third-order valence-corrected chi connectivity index (χ3v) is 6.00. The van der Waals surface area contributed by atoms with Gasteiger partial charge in [0.25, 0.3) is 5.91 Å². The Morgan fingerprint density at radius 2 is 1.97 bits per heavy atom. The van der Waals surface area contributed by atoms with Gasteiger partial charge in [0, 0.05) is 51.1 Å². The fraction of sp³-hybridized carbons (Fsp3) is 0.333. The van der Waals surface area contributed by atoms with Gasteiger partial charge in [0.15, 0.2) is 11.5 Å². The third-order valence-electron chi connectivity index (χ3n) is 6.00. The standard InChI is InChI=1S/C24H26N4O2/c1-16-3-5-19-6-7-20(27-11-9-25-10-12-27)15-28(19)24(29)14-21(16)18-4-8-22-23(13-18)30-17(2)26-22/h4-8,13-16,25H,3,9-12H2,1-2H3. The molecule has 3 aliphatic rings. The molecule has 5 rings (SSSR count). The molecule has 0 bridgehead atoms. The molecule has 0 saturated carbocycles. The molecule has 1 amide bonds. The lowest BCUT2D eigenvalue weighted by atomic mass is 9.89. The summed E-state index contributed by atoms with van der Waals surface area (Å²) in [5.74, 6) is 0.849. The van der Waals surface area contributed by atoms with Gasteiger partial charge in [0.2, 0.25) is 0 Å². The van der Waals surface area contributed by atoms with Gasteiger partial charge >= 0.3 is 0 Å². The van der Waals surface area contributed by atoms with Gasteiger partial charge in [0.1, 0.15) is 5.52 Å². The van der Waals surface area contributed by atoms with Gasteiger partial charge in [-0.2, -0.15) is 0 Å². The minimum atomic E-state index is -0.0198. The van der Waals surface area contributed by atoms with Crippen molar-refractivity contribution >= 4 is 22.6 Å². The number of allylic oxidation sites excluding steroid dienone is 4. The van der Waals surface area contributed by atoms with E-state index in [-0.39, 0.29) is 11.8 Å². The maximum absolute atomic E-state index is 13.3. The SMILES string of the molecule is Cc1nc2ccc(C3=CC(=O)N4C=C(N5CCNCC5)C=CC4=CCC3C)cc2o1. The van der Waals surface area contributed by atoms with Crippen LogP contribution >= 0.6 is 0 Å². The number of amides is 1. The van der Waals surface area contributed by atoms with Crippen LogP contribution in [0.1, 0.15) is 24.8 Å². The monoisotopic (exact) mass is 402 g/mol. The highest BCUT2D eigenvalue weighted by atomic mass is 16.3. The smallest absolute Gasteiger partial charge is 0.255 e. The van der Waals surface area contributed by atoms with E-state index in [1.54, 1.807) is 11.0 Å². The highest BCUT2D eigenvalue weighted by molar-refractivity contribution is 5.98. The molecule has 1 atom stereocenters. The molecule has 154 valence electrons. The number of piperazine rings is 1. The molecule has 0 aliphatic carbocycles. The number of rotatable bonds is 2. The lowest BCUT2D eigenvalue weighted by Gasteiger charge is -2.34. The number of carbonyl (C=O) groups excluding carboxylic acids is 1. The van der Waals surface area contributed by atoms with E-state index >= 15 is 0 Å². The topological polar surface area (TPSA) is 61.6 Å². The molecule has 6 nitrogen and oxygen atoms in total. The highest BCUT2D eigenvalue weighted by Crippen LogP contribution is 2.33. The van der Waals surface area contributed by atoms with Crippen LogP contribution in [0.5, 0.6) is 0 Å². The molecule has 1 fully saturated rings. The molecule has 0 spiro atoms. The summed E-state index contributed by atoms with van der Waals surface area (Å²) < 4.78 is 5.71. The van der Waals surface area contributed by atoms with Gasteiger partial charge in [-0.15, -0.1) is 0 Å². The second kappa shape index (κ2) is 7.61. The zero-order chi connectivity index (χ0) is 20.7. The van der Waals surface area contributed by atoms with E-state index in [0.717, 1.165) is 66.2 Å². The first-order valence-corrected chi connectivity index (χ1v) is 10.6. The molecular weight excluding hydrogens is 376 g/mol. The molecule has 3 aliphatic heterocycles. The zero-order valence-electron chi connectivity index (χ0n) is 17.4. The van der Waals surface area contributed by atoms with E-state index in [2.05, 4.69) is 40.4 Å². The summed E-state index contributed by atoms with van der Waals surface area (Å²) in [6.07, 6.45) is 11.0. The van der Waals surface area contributed by atoms with Crippen molar-refractivity contribution in [1.29, 1.82) is 0 Å². The molecule has 0 radical (unpaired) electrons. The maximum Gasteiger partial charge on any atom is 0.255 e. The molecule has 30 heavy (non-hydrogen) atoms. The number of nitrogens with one attached hydrogen (secondary N) is 1. The normalized spacial score (nSPS) is 22.3. The van der Waals surface area contributed by atoms with E-state index in [4.69, 9.17) is 4.42 Å². The Kier molecular flexibility index (Phi) is 4.79. The number of nitrogens with zero attached hydrogens (tertiary/aromatic N) is 3. The molecule has 4 heterocycles. The average molecular weight is 402 g/mol. The number of benzene rings is 1. The van der Waals surface area contributed by atoms with Crippen molar-refractivity contribution in [3.8, 4) is 0 Å². The van der Waals surface area contributed by atoms with Crippen molar-refractivity contribution in [3.05, 3.63) is 71.6 Å². The van der Waals surface area contributed by atoms with Crippen LogP contribution in [0, 0.1) is 12.8 Å². The van der Waals surface area contributed by atoms with Gasteiger partial charge in [-0.3, -0.25) is 9.69 Å². The third kappa shape index (κ3) is 3.48. The van der Waals surface area contributed by atoms with Crippen LogP contribution in [0.15, 0.2) is 64.5 Å². The number of hydrogen-bond acceptors (Lipinski definition) is 5. The number of oxazole rings is 1. The fourth-order valence-electron chi connectivity index (χ4n) is 4.32. The summed E-state index contributed by atoms with van der Waals surface area (Å²) in [5, 5.41) is 3.37. The Morgan fingerprint density at radius 1 is 1.17 bits per heavy atom. The first kappa shape index (κ1) is 18.9. The van der Waals surface area contributed by atoms with Crippen molar-refractivity contribution in [1.82, 2.24) is 20.1 Å². The molecule has 2 aromatic rings. The Balaban J connectivity index is 1.49. The summed E-state index contributed by atoms with van der Waals surface area (Å²) >= 11 is 0. The number of carbonyl (C=O) groups is 1. The van der Waals surface area contributed by atoms with Crippen molar-refractivity contribution in [2.45, 2.75) is 20.3 Å². The second-order valence-corrected chi connectivity index (χ2v) is 8.11. The molecule has 1 N–H and O–H groups in total. The van der Waals surface area contributed by atoms with Crippen molar-refractivity contribution < 1.29 is 9.21 Å². The number of hydrogen-bond donors (Lipinski definition) is 1. The zero-order valence-corrected chi connectivity index (χ0v) is 17.4. The predicted molar refractivity (Wildman–Crippen MR) is 117 cm³/mol. The molecule has 6 heteroatoms. The Morgan fingerprint density at radius 3 is 2.80 bits per heavy atom. The van der Waals surface area contributed by atoms with Crippen LogP contribution in [-0.2, 0) is 4.79 Å². The molecule has 1 aromatic heterocycles. The quantitative estimate of drug-likeness (QED) is 0.832. The van der Waals surface area contributed by atoms with Crippen LogP contribution in [0.2, 0.25) is 0 Å². The number of aromatic nitrogens is 1. The average Bonchev–Trinajstić information content (AvgIpc) is 3.14. The largest absolute Gasteiger partial charge is 0.441 e. The van der Waals surface area contributed by atoms with Crippen molar-refractivity contribution in [2.75, 3.05) is 26.2 Å². The second-order valence-electron chi connectivity index (χ2n) is 8.11. The van der Waals surface area contributed by atoms with E-state index in [1.165, 1.54) is 0 Å². The van der Waals surface area contributed by atoms with Crippen LogP contribution in [0.3, 0.4) is 0 Å². The molecule has 1 saturated heterocycles. The van der Waals surface area contributed by atoms with Gasteiger partial charge in [-0.05, 0) is 47.8 Å². The first-order chi connectivity index (χ1) is 14.6. The van der Waals surface area contributed by atoms with Crippen LogP contribution in [-0.4, -0.2) is 46.9 Å². The fourth-order valence-corrected chi connectivity index (χ4v) is 4.32. The number of fused-ring (bicyclic) bond motifs is 2. The van der Waals surface area contributed by atoms with Crippen molar-refractivity contribution in [2.24, 2.45) is 5.92 Å². The molecule has 1 aromatic carbocycles. The minimum absolute atomic E-state index is 0.0198. The summed E-state index contributed by atoms with van der Waals surface area (Å²) in [6, 6.07) is 5.99. The van der Waals surface area contributed by atoms with Gasteiger partial charge in [-0.1, -0.05) is 19.1 Å². The Bertz CT molecular complexity index is 1120. The van der Waals surface area contributed by atoms with Crippen LogP contribution in [0.25, 0.3) is 16.7 Å². The van der Waals surface area contributed by atoms with Crippen LogP contribution in [0.4, 0.5) is 0 Å². The van der Waals surface area contributed by atoms with Gasteiger partial charge in [-0.25, -0.2) is 4.98 Å². The lowest BCUT2D eigenvalue weighted by Crippen LogP contribution is -2.43. The van der Waals surface area contributed by atoms with Crippen molar-refractivity contribution in [3.63, 3.8) is 0 Å². The first-order valence-electron chi connectivity index (χ1n) is 10.6. The van der Waals surface area contributed by atoms with E-state index in [1.807, 2.05) is 31.3 Å². The summed E-state index contributed by atoms with van der Waals surface area (Å²) in [6.45, 7) is 7.84. The maximum atomic E-state index is 13.3. The molecule has 1 unspecified atom stereocenters. The number of aryl methyl sites for hydroxylation is 1.